The van der Waals surface area contributed by atoms with E-state index in [0.717, 1.165) is 18.4 Å². The van der Waals surface area contributed by atoms with Gasteiger partial charge in [0, 0.05) is 7.11 Å². The standard InChI is InChI=1S/C15H21ClO3S/c1-4-6-11-7-8-12(15(20)18-5-2)13(16)14(11)19-10-9-17-3/h7-8H,4-6,9-10H2,1-3H3. The molecule has 0 aliphatic heterocycles. The van der Waals surface area contributed by atoms with E-state index in [0.29, 0.717) is 41.2 Å². The van der Waals surface area contributed by atoms with Crippen molar-refractivity contribution in [2.24, 2.45) is 0 Å². The van der Waals surface area contributed by atoms with Gasteiger partial charge in [0.2, 0.25) is 0 Å². The molecule has 0 fully saturated rings. The molecule has 0 atom stereocenters. The summed E-state index contributed by atoms with van der Waals surface area (Å²) >= 11 is 11.6. The summed E-state index contributed by atoms with van der Waals surface area (Å²) in [4.78, 5) is 0. The first kappa shape index (κ1) is 17.2. The predicted molar refractivity (Wildman–Crippen MR) is 86.1 cm³/mol. The molecule has 0 bridgehead atoms. The average Bonchev–Trinajstić information content (AvgIpc) is 2.42. The van der Waals surface area contributed by atoms with Gasteiger partial charge in [-0.25, -0.2) is 0 Å². The lowest BCUT2D eigenvalue weighted by molar-refractivity contribution is 0.146. The summed E-state index contributed by atoms with van der Waals surface area (Å²) in [5.74, 6) is 0.685. The van der Waals surface area contributed by atoms with Crippen molar-refractivity contribution < 1.29 is 14.2 Å². The van der Waals surface area contributed by atoms with Crippen LogP contribution in [-0.2, 0) is 15.9 Å². The molecule has 0 N–H and O–H groups in total. The van der Waals surface area contributed by atoms with Gasteiger partial charge in [-0.05, 0) is 37.2 Å². The van der Waals surface area contributed by atoms with Gasteiger partial charge in [-0.2, -0.15) is 0 Å². The van der Waals surface area contributed by atoms with Crippen molar-refractivity contribution in [3.63, 3.8) is 0 Å². The highest BCUT2D eigenvalue weighted by Gasteiger charge is 2.16. The minimum absolute atomic E-state index is 0.400. The predicted octanol–water partition coefficient (Wildman–Crippen LogP) is 4.03. The molecule has 0 amide bonds. The van der Waals surface area contributed by atoms with Crippen LogP contribution in [0.4, 0.5) is 0 Å². The largest absolute Gasteiger partial charge is 0.489 e. The smallest absolute Gasteiger partial charge is 0.192 e. The molecule has 1 aromatic carbocycles. The highest BCUT2D eigenvalue weighted by Crippen LogP contribution is 2.34. The molecular formula is C15H21ClO3S. The lowest BCUT2D eigenvalue weighted by Gasteiger charge is -2.16. The number of hydrogen-bond donors (Lipinski definition) is 0. The Bertz CT molecular complexity index is 449. The van der Waals surface area contributed by atoms with Crippen molar-refractivity contribution >= 4 is 28.9 Å². The van der Waals surface area contributed by atoms with Crippen LogP contribution in [0.2, 0.25) is 5.02 Å². The zero-order valence-electron chi connectivity index (χ0n) is 12.2. The van der Waals surface area contributed by atoms with Gasteiger partial charge in [-0.3, -0.25) is 0 Å². The van der Waals surface area contributed by atoms with Crippen LogP contribution < -0.4 is 4.74 Å². The number of benzene rings is 1. The van der Waals surface area contributed by atoms with Gasteiger partial charge >= 0.3 is 0 Å². The van der Waals surface area contributed by atoms with Gasteiger partial charge in [0.05, 0.1) is 23.8 Å². The summed E-state index contributed by atoms with van der Waals surface area (Å²) in [6.45, 7) is 5.50. The highest BCUT2D eigenvalue weighted by molar-refractivity contribution is 7.80. The third-order valence-corrected chi connectivity index (χ3v) is 3.44. The van der Waals surface area contributed by atoms with E-state index in [1.165, 1.54) is 0 Å². The second-order valence-corrected chi connectivity index (χ2v) is 4.98. The number of halogens is 1. The van der Waals surface area contributed by atoms with Crippen LogP contribution in [0.5, 0.6) is 5.75 Å². The van der Waals surface area contributed by atoms with Crippen molar-refractivity contribution in [3.05, 3.63) is 28.3 Å². The minimum Gasteiger partial charge on any atom is -0.489 e. The number of thiocarbonyl (C=S) groups is 1. The van der Waals surface area contributed by atoms with E-state index in [4.69, 9.17) is 38.0 Å². The molecule has 0 heterocycles. The Morgan fingerprint density at radius 1 is 1.25 bits per heavy atom. The number of ether oxygens (including phenoxy) is 3. The molecule has 0 radical (unpaired) electrons. The van der Waals surface area contributed by atoms with Crippen LogP contribution in [0.15, 0.2) is 12.1 Å². The van der Waals surface area contributed by atoms with Crippen LogP contribution in [-0.4, -0.2) is 32.0 Å². The van der Waals surface area contributed by atoms with Crippen molar-refractivity contribution in [2.45, 2.75) is 26.7 Å². The molecular weight excluding hydrogens is 296 g/mol. The van der Waals surface area contributed by atoms with Crippen molar-refractivity contribution in [3.8, 4) is 5.75 Å². The summed E-state index contributed by atoms with van der Waals surface area (Å²) in [5.41, 5.74) is 1.78. The molecule has 0 spiro atoms. The molecule has 1 rings (SSSR count). The fourth-order valence-electron chi connectivity index (χ4n) is 1.81. The maximum Gasteiger partial charge on any atom is 0.192 e. The first-order valence-corrected chi connectivity index (χ1v) is 7.54. The van der Waals surface area contributed by atoms with E-state index in [-0.39, 0.29) is 0 Å². The molecule has 3 nitrogen and oxygen atoms in total. The molecule has 0 aliphatic carbocycles. The fraction of sp³-hybridized carbons (Fsp3) is 0.533. The molecule has 0 aromatic heterocycles. The average molecular weight is 317 g/mol. The molecule has 0 saturated heterocycles. The first-order chi connectivity index (χ1) is 9.65. The minimum atomic E-state index is 0.400. The Kier molecular flexibility index (Phi) is 7.88. The Morgan fingerprint density at radius 3 is 2.60 bits per heavy atom. The van der Waals surface area contributed by atoms with E-state index < -0.39 is 0 Å². The SMILES string of the molecule is CCCc1ccc(C(=S)OCC)c(Cl)c1OCCOC. The van der Waals surface area contributed by atoms with E-state index in [1.54, 1.807) is 7.11 Å². The van der Waals surface area contributed by atoms with Gasteiger partial charge < -0.3 is 14.2 Å². The molecule has 1 aromatic rings. The molecule has 112 valence electrons. The van der Waals surface area contributed by atoms with E-state index in [2.05, 4.69) is 6.92 Å². The van der Waals surface area contributed by atoms with Gasteiger partial charge in [0.25, 0.3) is 0 Å². The third-order valence-electron chi connectivity index (χ3n) is 2.73. The van der Waals surface area contributed by atoms with Gasteiger partial charge in [-0.1, -0.05) is 31.0 Å². The molecule has 0 saturated carbocycles. The zero-order valence-corrected chi connectivity index (χ0v) is 13.8. The van der Waals surface area contributed by atoms with Crippen LogP contribution >= 0.6 is 23.8 Å². The number of methoxy groups -OCH3 is 1. The Labute approximate surface area is 131 Å². The number of aryl methyl sites for hydroxylation is 1. The van der Waals surface area contributed by atoms with Crippen LogP contribution in [0.1, 0.15) is 31.4 Å². The Balaban J connectivity index is 3.05. The normalized spacial score (nSPS) is 10.4. The molecule has 0 aliphatic rings. The maximum atomic E-state index is 6.43. The monoisotopic (exact) mass is 316 g/mol. The summed E-state index contributed by atoms with van der Waals surface area (Å²) in [7, 11) is 1.64. The van der Waals surface area contributed by atoms with Crippen molar-refractivity contribution in [2.75, 3.05) is 26.9 Å². The van der Waals surface area contributed by atoms with Gasteiger partial charge in [0.15, 0.2) is 5.05 Å². The van der Waals surface area contributed by atoms with E-state index in [1.807, 2.05) is 19.1 Å². The van der Waals surface area contributed by atoms with E-state index in [9.17, 15) is 0 Å². The topological polar surface area (TPSA) is 27.7 Å². The van der Waals surface area contributed by atoms with Crippen LogP contribution in [0.3, 0.4) is 0 Å². The highest BCUT2D eigenvalue weighted by atomic mass is 35.5. The fourth-order valence-corrected chi connectivity index (χ4v) is 2.48. The quantitative estimate of drug-likeness (QED) is 0.534. The Morgan fingerprint density at radius 2 is 2.00 bits per heavy atom. The van der Waals surface area contributed by atoms with Gasteiger partial charge in [0.1, 0.15) is 12.4 Å². The third kappa shape index (κ3) is 4.62. The summed E-state index contributed by atoms with van der Waals surface area (Å²) < 4.78 is 16.1. The first-order valence-electron chi connectivity index (χ1n) is 6.75. The van der Waals surface area contributed by atoms with E-state index >= 15 is 0 Å². The lowest BCUT2D eigenvalue weighted by Crippen LogP contribution is -2.10. The van der Waals surface area contributed by atoms with Crippen LogP contribution in [0, 0.1) is 0 Å². The summed E-state index contributed by atoms with van der Waals surface area (Å²) in [6.07, 6.45) is 1.93. The maximum absolute atomic E-state index is 6.43. The second kappa shape index (κ2) is 9.16. The summed E-state index contributed by atoms with van der Waals surface area (Å²) in [5, 5.41) is 0.919. The Hall–Kier alpha value is -0.840. The van der Waals surface area contributed by atoms with Crippen LogP contribution in [0.25, 0.3) is 0 Å². The molecule has 0 unspecified atom stereocenters. The number of hydrogen-bond acceptors (Lipinski definition) is 4. The van der Waals surface area contributed by atoms with Gasteiger partial charge in [-0.15, -0.1) is 0 Å². The number of rotatable bonds is 8. The second-order valence-electron chi connectivity index (χ2n) is 4.23. The zero-order chi connectivity index (χ0) is 15.0. The molecule has 20 heavy (non-hydrogen) atoms. The lowest BCUT2D eigenvalue weighted by atomic mass is 10.1. The summed E-state index contributed by atoms with van der Waals surface area (Å²) in [6, 6.07) is 3.90. The molecule has 5 heteroatoms. The van der Waals surface area contributed by atoms with Crippen molar-refractivity contribution in [1.29, 1.82) is 0 Å². The van der Waals surface area contributed by atoms with Crippen molar-refractivity contribution in [1.82, 2.24) is 0 Å².